The van der Waals surface area contributed by atoms with E-state index in [-0.39, 0.29) is 24.4 Å². The number of carbonyl (C=O) groups is 1. The highest BCUT2D eigenvalue weighted by molar-refractivity contribution is 7.91. The molecule has 0 amide bonds. The molecular weight excluding hydrogens is 488 g/mol. The van der Waals surface area contributed by atoms with Crippen molar-refractivity contribution in [1.29, 1.82) is 0 Å². The van der Waals surface area contributed by atoms with E-state index >= 15 is 0 Å². The van der Waals surface area contributed by atoms with E-state index < -0.39 is 15.3 Å². The normalized spacial score (nSPS) is 19.6. The van der Waals surface area contributed by atoms with E-state index in [0.29, 0.717) is 23.5 Å². The highest BCUT2D eigenvalue weighted by Gasteiger charge is 2.50. The van der Waals surface area contributed by atoms with E-state index in [1.165, 1.54) is 0 Å². The molecule has 0 unspecified atom stereocenters. The third kappa shape index (κ3) is 4.90. The second-order valence-corrected chi connectivity index (χ2v) is 12.3. The number of ketones is 1. The maximum absolute atomic E-state index is 13.4. The van der Waals surface area contributed by atoms with Crippen molar-refractivity contribution in [3.05, 3.63) is 77.9 Å². The highest BCUT2D eigenvalue weighted by atomic mass is 32.2. The number of carbonyl (C=O) groups excluding carboxylic acids is 1. The zero-order valence-corrected chi connectivity index (χ0v) is 21.5. The molecule has 192 valence electrons. The molecule has 1 saturated carbocycles. The van der Waals surface area contributed by atoms with Crippen LogP contribution >= 0.6 is 0 Å². The minimum atomic E-state index is -3.35. The first-order valence-corrected chi connectivity index (χ1v) is 14.6. The van der Waals surface area contributed by atoms with Crippen LogP contribution in [-0.2, 0) is 31.2 Å². The topological polar surface area (TPSA) is 78.9 Å². The monoisotopic (exact) mass is 518 g/mol. The average Bonchev–Trinajstić information content (AvgIpc) is 3.31. The first-order chi connectivity index (χ1) is 17.9. The van der Waals surface area contributed by atoms with E-state index in [4.69, 9.17) is 14.2 Å². The molecule has 0 bridgehead atoms. The minimum absolute atomic E-state index is 0.0549. The maximum Gasteiger partial charge on any atom is 0.231 e. The molecular formula is C30H30O6S. The third-order valence-corrected chi connectivity index (χ3v) is 9.54. The fraction of sp³-hybridized carbons (Fsp3) is 0.367. The van der Waals surface area contributed by atoms with Crippen molar-refractivity contribution in [2.45, 2.75) is 54.9 Å². The molecule has 2 heterocycles. The Balaban J connectivity index is 1.14. The lowest BCUT2D eigenvalue weighted by atomic mass is 9.87. The van der Waals surface area contributed by atoms with Crippen LogP contribution in [0, 0.1) is 0 Å². The predicted molar refractivity (Wildman–Crippen MR) is 140 cm³/mol. The Hall–Kier alpha value is -3.16. The van der Waals surface area contributed by atoms with Crippen LogP contribution in [0.3, 0.4) is 0 Å². The summed E-state index contributed by atoms with van der Waals surface area (Å²) in [6.45, 7) is 0.943. The molecule has 3 aliphatic rings. The molecule has 0 aromatic heterocycles. The summed E-state index contributed by atoms with van der Waals surface area (Å²) in [6.07, 6.45) is 4.56. The largest absolute Gasteiger partial charge is 0.454 e. The van der Waals surface area contributed by atoms with E-state index in [1.54, 1.807) is 12.1 Å². The van der Waals surface area contributed by atoms with Gasteiger partial charge in [-0.2, -0.15) is 0 Å². The summed E-state index contributed by atoms with van der Waals surface area (Å²) in [5.74, 6) is 1.73. The summed E-state index contributed by atoms with van der Waals surface area (Å²) in [5.41, 5.74) is 3.37. The van der Waals surface area contributed by atoms with Gasteiger partial charge in [-0.15, -0.1) is 0 Å². The van der Waals surface area contributed by atoms with Crippen molar-refractivity contribution < 1.29 is 27.4 Å². The van der Waals surface area contributed by atoms with Crippen molar-refractivity contribution in [3.63, 3.8) is 0 Å². The Labute approximate surface area is 217 Å². The number of rotatable bonds is 9. The van der Waals surface area contributed by atoms with E-state index in [1.807, 2.05) is 54.6 Å². The summed E-state index contributed by atoms with van der Waals surface area (Å²) in [5, 5.41) is 0. The zero-order valence-electron chi connectivity index (χ0n) is 20.6. The van der Waals surface area contributed by atoms with E-state index in [9.17, 15) is 13.2 Å². The second-order valence-electron chi connectivity index (χ2n) is 10.2. The summed E-state index contributed by atoms with van der Waals surface area (Å²) in [7, 11) is -3.35. The van der Waals surface area contributed by atoms with Gasteiger partial charge in [0.2, 0.25) is 6.79 Å². The lowest BCUT2D eigenvalue weighted by Gasteiger charge is -2.16. The molecule has 0 spiro atoms. The van der Waals surface area contributed by atoms with Gasteiger partial charge in [0.1, 0.15) is 5.78 Å². The number of sulfone groups is 1. The fourth-order valence-corrected chi connectivity index (χ4v) is 6.75. The SMILES string of the molecule is O=C(Cc1cccc(-c2ccc(S(=O)(=O)CC[C@@H]3CCCO3)cc2)c1)C1(c2ccc3c(c2)OCO3)CC1. The van der Waals surface area contributed by atoms with Gasteiger partial charge in [0.05, 0.1) is 22.2 Å². The molecule has 7 heteroatoms. The molecule has 1 aliphatic carbocycles. The Morgan fingerprint density at radius 2 is 1.73 bits per heavy atom. The molecule has 3 aromatic rings. The Morgan fingerprint density at radius 1 is 0.919 bits per heavy atom. The van der Waals surface area contributed by atoms with Crippen molar-refractivity contribution >= 4 is 15.6 Å². The molecule has 37 heavy (non-hydrogen) atoms. The third-order valence-electron chi connectivity index (χ3n) is 7.78. The molecule has 2 fully saturated rings. The summed E-state index contributed by atoms with van der Waals surface area (Å²) < 4.78 is 42.1. The summed E-state index contributed by atoms with van der Waals surface area (Å²) in [6, 6.07) is 20.8. The smallest absolute Gasteiger partial charge is 0.231 e. The van der Waals surface area contributed by atoms with Gasteiger partial charge in [0, 0.05) is 13.0 Å². The van der Waals surface area contributed by atoms with Crippen LogP contribution in [0.25, 0.3) is 11.1 Å². The molecule has 3 aromatic carbocycles. The zero-order chi connectivity index (χ0) is 25.5. The molecule has 6 nitrogen and oxygen atoms in total. The van der Waals surface area contributed by atoms with E-state index in [0.717, 1.165) is 60.3 Å². The molecule has 2 aliphatic heterocycles. The van der Waals surface area contributed by atoms with Crippen LogP contribution in [0.5, 0.6) is 11.5 Å². The van der Waals surface area contributed by atoms with Gasteiger partial charge in [0.25, 0.3) is 0 Å². The molecule has 1 saturated heterocycles. The van der Waals surface area contributed by atoms with Crippen LogP contribution in [0.1, 0.15) is 43.2 Å². The van der Waals surface area contributed by atoms with Crippen molar-refractivity contribution in [1.82, 2.24) is 0 Å². The van der Waals surface area contributed by atoms with Gasteiger partial charge in [-0.25, -0.2) is 8.42 Å². The van der Waals surface area contributed by atoms with Crippen LogP contribution in [-0.4, -0.2) is 39.5 Å². The van der Waals surface area contributed by atoms with Gasteiger partial charge in [0.15, 0.2) is 21.3 Å². The van der Waals surface area contributed by atoms with Crippen LogP contribution in [0.2, 0.25) is 0 Å². The number of ether oxygens (including phenoxy) is 3. The average molecular weight is 519 g/mol. The standard InChI is InChI=1S/C30H30O6S/c31-29(30(13-14-30)24-8-11-27-28(19-24)36-20-35-27)18-21-3-1-4-23(17-21)22-6-9-26(10-7-22)37(32,33)16-12-25-5-2-15-34-25/h1,3-4,6-11,17,19,25H,2,5,12-16,18,20H2/t25-/m0/s1. The maximum atomic E-state index is 13.4. The highest BCUT2D eigenvalue weighted by Crippen LogP contribution is 2.51. The number of hydrogen-bond donors (Lipinski definition) is 0. The quantitative estimate of drug-likeness (QED) is 0.384. The second kappa shape index (κ2) is 9.62. The van der Waals surface area contributed by atoms with Gasteiger partial charge >= 0.3 is 0 Å². The number of hydrogen-bond acceptors (Lipinski definition) is 6. The number of Topliss-reactive ketones (excluding diaryl/α,β-unsaturated/α-hetero) is 1. The van der Waals surface area contributed by atoms with Gasteiger partial charge in [-0.05, 0) is 78.6 Å². The van der Waals surface area contributed by atoms with Crippen molar-refractivity contribution in [2.24, 2.45) is 0 Å². The molecule has 0 radical (unpaired) electrons. The van der Waals surface area contributed by atoms with Crippen LogP contribution < -0.4 is 9.47 Å². The van der Waals surface area contributed by atoms with E-state index in [2.05, 4.69) is 0 Å². The Kier molecular flexibility index (Phi) is 6.29. The number of benzene rings is 3. The lowest BCUT2D eigenvalue weighted by molar-refractivity contribution is -0.120. The van der Waals surface area contributed by atoms with Crippen molar-refractivity contribution in [2.75, 3.05) is 19.2 Å². The lowest BCUT2D eigenvalue weighted by Crippen LogP contribution is -2.22. The first kappa shape index (κ1) is 24.2. The van der Waals surface area contributed by atoms with Crippen molar-refractivity contribution in [3.8, 4) is 22.6 Å². The first-order valence-electron chi connectivity index (χ1n) is 12.9. The predicted octanol–water partition coefficient (Wildman–Crippen LogP) is 5.27. The summed E-state index contributed by atoms with van der Waals surface area (Å²) in [4.78, 5) is 13.7. The Bertz CT molecular complexity index is 1420. The Morgan fingerprint density at radius 3 is 2.49 bits per heavy atom. The number of fused-ring (bicyclic) bond motifs is 1. The fourth-order valence-electron chi connectivity index (χ4n) is 5.39. The minimum Gasteiger partial charge on any atom is -0.454 e. The van der Waals surface area contributed by atoms with Crippen LogP contribution in [0.4, 0.5) is 0 Å². The van der Waals surface area contributed by atoms with Gasteiger partial charge in [-0.3, -0.25) is 4.79 Å². The van der Waals surface area contributed by atoms with Gasteiger partial charge < -0.3 is 14.2 Å². The molecule has 0 N–H and O–H groups in total. The van der Waals surface area contributed by atoms with Gasteiger partial charge in [-0.1, -0.05) is 42.5 Å². The summed E-state index contributed by atoms with van der Waals surface area (Å²) >= 11 is 0. The molecule has 1 atom stereocenters. The van der Waals surface area contributed by atoms with Crippen LogP contribution in [0.15, 0.2) is 71.6 Å². The molecule has 6 rings (SSSR count).